The predicted molar refractivity (Wildman–Crippen MR) is 66.5 cm³/mol. The molecule has 0 saturated carbocycles. The quantitative estimate of drug-likeness (QED) is 0.760. The van der Waals surface area contributed by atoms with E-state index in [9.17, 15) is 9.90 Å². The summed E-state index contributed by atoms with van der Waals surface area (Å²) >= 11 is 0. The Morgan fingerprint density at radius 3 is 2.83 bits per heavy atom. The fourth-order valence-electron chi connectivity index (χ4n) is 2.37. The molecule has 1 aliphatic rings. The number of hydrogen-bond acceptors (Lipinski definition) is 4. The van der Waals surface area contributed by atoms with E-state index < -0.39 is 5.97 Å². The van der Waals surface area contributed by atoms with Crippen LogP contribution in [0.2, 0.25) is 0 Å². The number of phenols is 1. The number of carboxylic acids is 1. The number of ether oxygens (including phenoxy) is 1. The summed E-state index contributed by atoms with van der Waals surface area (Å²) in [6, 6.07) is 2.90. The number of benzene rings is 1. The molecule has 1 atom stereocenters. The van der Waals surface area contributed by atoms with Crippen LogP contribution in [-0.4, -0.2) is 36.4 Å². The van der Waals surface area contributed by atoms with Crippen molar-refractivity contribution in [2.75, 3.05) is 20.2 Å². The van der Waals surface area contributed by atoms with Crippen LogP contribution in [0, 0.1) is 0 Å². The van der Waals surface area contributed by atoms with E-state index in [4.69, 9.17) is 9.84 Å². The lowest BCUT2D eigenvalue weighted by Crippen LogP contribution is -2.28. The van der Waals surface area contributed by atoms with E-state index in [1.807, 2.05) is 0 Å². The smallest absolute Gasteiger partial charge is 0.339 e. The maximum atomic E-state index is 11.0. The summed E-state index contributed by atoms with van der Waals surface area (Å²) in [6.45, 7) is 1.79. The Hall–Kier alpha value is -1.75. The summed E-state index contributed by atoms with van der Waals surface area (Å²) in [7, 11) is 1.52. The van der Waals surface area contributed by atoms with E-state index in [1.54, 1.807) is 0 Å². The maximum absolute atomic E-state index is 11.0. The standard InChI is InChI=1S/C13H17NO4/c1-18-12-6-11(15)10(13(16)17)5-9(12)8-3-2-4-14-7-8/h5-6,8,14-15H,2-4,7H2,1H3,(H,16,17). The molecule has 0 radical (unpaired) electrons. The summed E-state index contributed by atoms with van der Waals surface area (Å²) in [5, 5.41) is 22.0. The molecule has 1 heterocycles. The third kappa shape index (κ3) is 2.41. The van der Waals surface area contributed by atoms with Crippen molar-refractivity contribution in [3.63, 3.8) is 0 Å². The number of nitrogens with one attached hydrogen (secondary N) is 1. The largest absolute Gasteiger partial charge is 0.507 e. The molecule has 1 fully saturated rings. The predicted octanol–water partition coefficient (Wildman–Crippen LogP) is 1.57. The molecule has 0 aliphatic carbocycles. The summed E-state index contributed by atoms with van der Waals surface area (Å²) < 4.78 is 5.23. The summed E-state index contributed by atoms with van der Waals surface area (Å²) in [4.78, 5) is 11.0. The minimum Gasteiger partial charge on any atom is -0.507 e. The second kappa shape index (κ2) is 5.27. The Kier molecular flexibility index (Phi) is 3.72. The molecule has 18 heavy (non-hydrogen) atoms. The highest BCUT2D eigenvalue weighted by Crippen LogP contribution is 2.35. The molecule has 5 nitrogen and oxygen atoms in total. The fourth-order valence-corrected chi connectivity index (χ4v) is 2.37. The minimum atomic E-state index is -1.12. The van der Waals surface area contributed by atoms with E-state index >= 15 is 0 Å². The highest BCUT2D eigenvalue weighted by atomic mass is 16.5. The number of rotatable bonds is 3. The van der Waals surface area contributed by atoms with Crippen molar-refractivity contribution < 1.29 is 19.7 Å². The van der Waals surface area contributed by atoms with E-state index in [-0.39, 0.29) is 17.2 Å². The van der Waals surface area contributed by atoms with Gasteiger partial charge in [-0.1, -0.05) is 0 Å². The Balaban J connectivity index is 2.42. The van der Waals surface area contributed by atoms with Crippen molar-refractivity contribution in [3.8, 4) is 11.5 Å². The molecule has 2 rings (SSSR count). The van der Waals surface area contributed by atoms with Crippen LogP contribution in [0.25, 0.3) is 0 Å². The number of piperidine rings is 1. The van der Waals surface area contributed by atoms with E-state index in [0.29, 0.717) is 5.75 Å². The molecule has 3 N–H and O–H groups in total. The number of hydrogen-bond donors (Lipinski definition) is 3. The number of carbonyl (C=O) groups is 1. The zero-order chi connectivity index (χ0) is 13.1. The fraction of sp³-hybridized carbons (Fsp3) is 0.462. The lowest BCUT2D eigenvalue weighted by atomic mass is 9.89. The SMILES string of the molecule is COc1cc(O)c(C(=O)O)cc1C1CCCNC1. The normalized spacial score (nSPS) is 19.5. The van der Waals surface area contributed by atoms with Crippen molar-refractivity contribution in [2.45, 2.75) is 18.8 Å². The second-order valence-corrected chi connectivity index (χ2v) is 4.46. The Labute approximate surface area is 105 Å². The molecule has 1 aromatic rings. The molecule has 0 amide bonds. The van der Waals surface area contributed by atoms with Gasteiger partial charge in [0.15, 0.2) is 0 Å². The van der Waals surface area contributed by atoms with Gasteiger partial charge in [0.2, 0.25) is 0 Å². The van der Waals surface area contributed by atoms with Crippen molar-refractivity contribution in [3.05, 3.63) is 23.3 Å². The average Bonchev–Trinajstić information content (AvgIpc) is 2.39. The van der Waals surface area contributed by atoms with Gasteiger partial charge in [0.05, 0.1) is 7.11 Å². The van der Waals surface area contributed by atoms with Crippen LogP contribution in [-0.2, 0) is 0 Å². The van der Waals surface area contributed by atoms with Crippen molar-refractivity contribution in [2.24, 2.45) is 0 Å². The second-order valence-electron chi connectivity index (χ2n) is 4.46. The van der Waals surface area contributed by atoms with Crippen molar-refractivity contribution >= 4 is 5.97 Å². The Bertz CT molecular complexity index is 453. The van der Waals surface area contributed by atoms with Gasteiger partial charge in [-0.25, -0.2) is 4.79 Å². The molecule has 0 aromatic heterocycles. The first-order chi connectivity index (χ1) is 8.63. The molecule has 5 heteroatoms. The van der Waals surface area contributed by atoms with Gasteiger partial charge in [0, 0.05) is 18.5 Å². The van der Waals surface area contributed by atoms with Gasteiger partial charge in [0.1, 0.15) is 17.1 Å². The van der Waals surface area contributed by atoms with Crippen LogP contribution in [0.1, 0.15) is 34.7 Å². The zero-order valence-electron chi connectivity index (χ0n) is 10.3. The van der Waals surface area contributed by atoms with E-state index in [2.05, 4.69) is 5.32 Å². The molecule has 0 bridgehead atoms. The number of aromatic carboxylic acids is 1. The first-order valence-electron chi connectivity index (χ1n) is 5.98. The number of methoxy groups -OCH3 is 1. The van der Waals surface area contributed by atoms with Crippen molar-refractivity contribution in [1.82, 2.24) is 5.32 Å². The third-order valence-corrected chi connectivity index (χ3v) is 3.32. The topological polar surface area (TPSA) is 78.8 Å². The molecule has 0 spiro atoms. The van der Waals surface area contributed by atoms with E-state index in [1.165, 1.54) is 19.2 Å². The molecule has 1 aliphatic heterocycles. The molecular formula is C13H17NO4. The van der Waals surface area contributed by atoms with Gasteiger partial charge in [-0.05, 0) is 31.0 Å². The van der Waals surface area contributed by atoms with Crippen LogP contribution < -0.4 is 10.1 Å². The molecule has 98 valence electrons. The summed E-state index contributed by atoms with van der Waals surface area (Å²) in [5.74, 6) is -0.606. The zero-order valence-corrected chi connectivity index (χ0v) is 10.3. The van der Waals surface area contributed by atoms with Gasteiger partial charge in [0.25, 0.3) is 0 Å². The van der Waals surface area contributed by atoms with Gasteiger partial charge < -0.3 is 20.3 Å². The molecule has 1 saturated heterocycles. The Morgan fingerprint density at radius 2 is 2.28 bits per heavy atom. The van der Waals surface area contributed by atoms with Crippen molar-refractivity contribution in [1.29, 1.82) is 0 Å². The summed E-state index contributed by atoms with van der Waals surface area (Å²) in [6.07, 6.45) is 2.05. The van der Waals surface area contributed by atoms with Crippen LogP contribution in [0.5, 0.6) is 11.5 Å². The van der Waals surface area contributed by atoms with Gasteiger partial charge in [-0.2, -0.15) is 0 Å². The maximum Gasteiger partial charge on any atom is 0.339 e. The first-order valence-corrected chi connectivity index (χ1v) is 5.98. The lowest BCUT2D eigenvalue weighted by molar-refractivity contribution is 0.0693. The van der Waals surface area contributed by atoms with Gasteiger partial charge >= 0.3 is 5.97 Å². The first kappa shape index (κ1) is 12.7. The lowest BCUT2D eigenvalue weighted by Gasteiger charge is -2.25. The Morgan fingerprint density at radius 1 is 1.50 bits per heavy atom. The minimum absolute atomic E-state index is 0.0728. The molecule has 1 aromatic carbocycles. The van der Waals surface area contributed by atoms with E-state index in [0.717, 1.165) is 31.5 Å². The number of aromatic hydroxyl groups is 1. The highest BCUT2D eigenvalue weighted by Gasteiger charge is 2.22. The summed E-state index contributed by atoms with van der Waals surface area (Å²) in [5.41, 5.74) is 0.774. The van der Waals surface area contributed by atoms with Gasteiger partial charge in [-0.3, -0.25) is 0 Å². The van der Waals surface area contributed by atoms with Gasteiger partial charge in [-0.15, -0.1) is 0 Å². The molecular weight excluding hydrogens is 234 g/mol. The molecule has 1 unspecified atom stereocenters. The van der Waals surface area contributed by atoms with Crippen LogP contribution >= 0.6 is 0 Å². The monoisotopic (exact) mass is 251 g/mol. The van der Waals surface area contributed by atoms with Crippen LogP contribution in [0.4, 0.5) is 0 Å². The number of carboxylic acid groups (broad SMARTS) is 1. The highest BCUT2D eigenvalue weighted by molar-refractivity contribution is 5.91. The average molecular weight is 251 g/mol. The van der Waals surface area contributed by atoms with Crippen LogP contribution in [0.3, 0.4) is 0 Å². The van der Waals surface area contributed by atoms with Crippen LogP contribution in [0.15, 0.2) is 12.1 Å². The third-order valence-electron chi connectivity index (χ3n) is 3.32.